The van der Waals surface area contributed by atoms with E-state index in [0.29, 0.717) is 5.92 Å². The Balaban J connectivity index is 1.36. The molecule has 4 heteroatoms. The number of para-hydroxylation sites is 1. The Bertz CT molecular complexity index is 980. The van der Waals surface area contributed by atoms with Crippen LogP contribution in [0.4, 0.5) is 17.1 Å². The molecular weight excluding hydrogens is 364 g/mol. The fourth-order valence-electron chi connectivity index (χ4n) is 3.91. The van der Waals surface area contributed by atoms with E-state index in [4.69, 9.17) is 4.74 Å². The minimum absolute atomic E-state index is 0.355. The van der Waals surface area contributed by atoms with Gasteiger partial charge >= 0.3 is 0 Å². The first-order valence-corrected chi connectivity index (χ1v) is 10.7. The number of fused-ring (bicyclic) bond motifs is 2. The second-order valence-corrected chi connectivity index (χ2v) is 8.48. The van der Waals surface area contributed by atoms with Crippen molar-refractivity contribution < 1.29 is 4.74 Å². The lowest BCUT2D eigenvalue weighted by Crippen LogP contribution is -2.36. The standard InChI is InChI=1S/C24H24N2OS/c1-17(18-6-9-20(10-7-18)26-12-14-27-15-13-26)19-8-11-24-22(16-19)25-21-4-2-3-5-23(21)28-24/h2-11,16-17,25H,12-15H2,1H3. The van der Waals surface area contributed by atoms with Crippen molar-refractivity contribution in [1.29, 1.82) is 0 Å². The Morgan fingerprint density at radius 3 is 2.39 bits per heavy atom. The van der Waals surface area contributed by atoms with E-state index in [2.05, 4.69) is 83.9 Å². The number of rotatable bonds is 3. The number of ether oxygens (including phenoxy) is 1. The van der Waals surface area contributed by atoms with E-state index in [-0.39, 0.29) is 0 Å². The Morgan fingerprint density at radius 2 is 1.57 bits per heavy atom. The first-order chi connectivity index (χ1) is 13.8. The molecular formula is C24H24N2OS. The molecule has 5 rings (SSSR count). The van der Waals surface area contributed by atoms with Crippen LogP contribution in [0.3, 0.4) is 0 Å². The maximum absolute atomic E-state index is 5.46. The van der Waals surface area contributed by atoms with Gasteiger partial charge < -0.3 is 15.0 Å². The smallest absolute Gasteiger partial charge is 0.0642 e. The maximum Gasteiger partial charge on any atom is 0.0642 e. The monoisotopic (exact) mass is 388 g/mol. The zero-order valence-corrected chi connectivity index (χ0v) is 16.8. The molecule has 2 heterocycles. The van der Waals surface area contributed by atoms with Gasteiger partial charge in [-0.3, -0.25) is 0 Å². The third-order valence-corrected chi connectivity index (χ3v) is 6.80. The zero-order valence-electron chi connectivity index (χ0n) is 16.0. The lowest BCUT2D eigenvalue weighted by atomic mass is 9.92. The molecule has 1 N–H and O–H groups in total. The summed E-state index contributed by atoms with van der Waals surface area (Å²) in [6.07, 6.45) is 0. The van der Waals surface area contributed by atoms with Gasteiger partial charge in [-0.05, 0) is 47.5 Å². The number of benzene rings is 3. The van der Waals surface area contributed by atoms with Gasteiger partial charge in [0.05, 0.1) is 24.6 Å². The number of nitrogens with one attached hydrogen (secondary N) is 1. The summed E-state index contributed by atoms with van der Waals surface area (Å²) in [4.78, 5) is 4.97. The first-order valence-electron chi connectivity index (χ1n) is 9.88. The minimum Gasteiger partial charge on any atom is -0.378 e. The highest BCUT2D eigenvalue weighted by atomic mass is 32.2. The summed E-state index contributed by atoms with van der Waals surface area (Å²) in [6, 6.07) is 24.3. The van der Waals surface area contributed by atoms with Crippen LogP contribution in [-0.2, 0) is 4.74 Å². The molecule has 0 amide bonds. The van der Waals surface area contributed by atoms with Gasteiger partial charge in [0.25, 0.3) is 0 Å². The summed E-state index contributed by atoms with van der Waals surface area (Å²) in [5, 5.41) is 3.60. The number of hydrogen-bond donors (Lipinski definition) is 1. The molecule has 0 saturated carbocycles. The van der Waals surface area contributed by atoms with Gasteiger partial charge in [0.1, 0.15) is 0 Å². The summed E-state index contributed by atoms with van der Waals surface area (Å²) in [5.41, 5.74) is 6.38. The van der Waals surface area contributed by atoms with Crippen molar-refractivity contribution in [3.05, 3.63) is 77.9 Å². The Kier molecular flexibility index (Phi) is 4.75. The highest BCUT2D eigenvalue weighted by molar-refractivity contribution is 7.99. The predicted molar refractivity (Wildman–Crippen MR) is 117 cm³/mol. The number of hydrogen-bond acceptors (Lipinski definition) is 4. The van der Waals surface area contributed by atoms with E-state index in [1.807, 2.05) is 11.8 Å². The van der Waals surface area contributed by atoms with Crippen LogP contribution in [0.2, 0.25) is 0 Å². The van der Waals surface area contributed by atoms with Gasteiger partial charge in [0, 0.05) is 34.5 Å². The number of anilines is 3. The van der Waals surface area contributed by atoms with E-state index < -0.39 is 0 Å². The average Bonchev–Trinajstić information content (AvgIpc) is 2.77. The highest BCUT2D eigenvalue weighted by Gasteiger charge is 2.18. The summed E-state index contributed by atoms with van der Waals surface area (Å²) < 4.78 is 5.46. The minimum atomic E-state index is 0.355. The molecule has 1 atom stereocenters. The van der Waals surface area contributed by atoms with Gasteiger partial charge in [-0.15, -0.1) is 0 Å². The topological polar surface area (TPSA) is 24.5 Å². The maximum atomic E-state index is 5.46. The number of morpholine rings is 1. The molecule has 3 aromatic rings. The summed E-state index contributed by atoms with van der Waals surface area (Å²) >= 11 is 1.84. The predicted octanol–water partition coefficient (Wildman–Crippen LogP) is 5.88. The quantitative estimate of drug-likeness (QED) is 0.473. The Morgan fingerprint density at radius 1 is 0.857 bits per heavy atom. The van der Waals surface area contributed by atoms with Gasteiger partial charge in [0.2, 0.25) is 0 Å². The molecule has 0 aliphatic carbocycles. The second-order valence-electron chi connectivity index (χ2n) is 7.39. The van der Waals surface area contributed by atoms with Crippen LogP contribution in [-0.4, -0.2) is 26.3 Å². The van der Waals surface area contributed by atoms with Gasteiger partial charge in [-0.2, -0.15) is 0 Å². The fraction of sp³-hybridized carbons (Fsp3) is 0.250. The van der Waals surface area contributed by atoms with Gasteiger partial charge in [-0.25, -0.2) is 0 Å². The van der Waals surface area contributed by atoms with E-state index in [1.54, 1.807) is 0 Å². The van der Waals surface area contributed by atoms with E-state index in [0.717, 1.165) is 26.3 Å². The van der Waals surface area contributed by atoms with Crippen LogP contribution in [0.25, 0.3) is 0 Å². The fourth-order valence-corrected chi connectivity index (χ4v) is 4.88. The van der Waals surface area contributed by atoms with Crippen molar-refractivity contribution in [1.82, 2.24) is 0 Å². The van der Waals surface area contributed by atoms with E-state index >= 15 is 0 Å². The molecule has 0 bridgehead atoms. The molecule has 0 aromatic heterocycles. The molecule has 3 nitrogen and oxygen atoms in total. The molecule has 3 aromatic carbocycles. The molecule has 28 heavy (non-hydrogen) atoms. The van der Waals surface area contributed by atoms with Crippen molar-refractivity contribution in [3.63, 3.8) is 0 Å². The molecule has 2 aliphatic heterocycles. The van der Waals surface area contributed by atoms with Crippen molar-refractivity contribution in [3.8, 4) is 0 Å². The normalized spacial score (nSPS) is 16.7. The summed E-state index contributed by atoms with van der Waals surface area (Å²) in [6.45, 7) is 5.88. The zero-order chi connectivity index (χ0) is 18.9. The van der Waals surface area contributed by atoms with Crippen molar-refractivity contribution >= 4 is 28.8 Å². The Labute approximate surface area is 170 Å². The molecule has 0 radical (unpaired) electrons. The third-order valence-electron chi connectivity index (χ3n) is 5.65. The largest absolute Gasteiger partial charge is 0.378 e. The van der Waals surface area contributed by atoms with E-state index in [9.17, 15) is 0 Å². The molecule has 1 saturated heterocycles. The van der Waals surface area contributed by atoms with Crippen LogP contribution in [0, 0.1) is 0 Å². The lowest BCUT2D eigenvalue weighted by Gasteiger charge is -2.29. The molecule has 1 fully saturated rings. The SMILES string of the molecule is CC(c1ccc(N2CCOCC2)cc1)c1ccc2c(c1)Nc1ccccc1S2. The molecule has 2 aliphatic rings. The van der Waals surface area contributed by atoms with Crippen LogP contribution >= 0.6 is 11.8 Å². The summed E-state index contributed by atoms with van der Waals surface area (Å²) in [7, 11) is 0. The third kappa shape index (κ3) is 3.38. The first kappa shape index (κ1) is 17.7. The van der Waals surface area contributed by atoms with Crippen molar-refractivity contribution in [2.24, 2.45) is 0 Å². The van der Waals surface area contributed by atoms with Crippen molar-refractivity contribution in [2.45, 2.75) is 22.6 Å². The molecule has 1 unspecified atom stereocenters. The van der Waals surface area contributed by atoms with Crippen LogP contribution < -0.4 is 10.2 Å². The van der Waals surface area contributed by atoms with E-state index in [1.165, 1.54) is 38.0 Å². The van der Waals surface area contributed by atoms with Crippen molar-refractivity contribution in [2.75, 3.05) is 36.5 Å². The van der Waals surface area contributed by atoms with Crippen LogP contribution in [0.15, 0.2) is 76.5 Å². The lowest BCUT2D eigenvalue weighted by molar-refractivity contribution is 0.122. The highest BCUT2D eigenvalue weighted by Crippen LogP contribution is 2.45. The van der Waals surface area contributed by atoms with Crippen LogP contribution in [0.5, 0.6) is 0 Å². The Hall–Kier alpha value is -2.43. The second kappa shape index (κ2) is 7.53. The average molecular weight is 389 g/mol. The van der Waals surface area contributed by atoms with Gasteiger partial charge in [-0.1, -0.05) is 49.0 Å². The van der Waals surface area contributed by atoms with Gasteiger partial charge in [0.15, 0.2) is 0 Å². The molecule has 0 spiro atoms. The number of nitrogens with zero attached hydrogens (tertiary/aromatic N) is 1. The summed E-state index contributed by atoms with van der Waals surface area (Å²) in [5.74, 6) is 0.355. The van der Waals surface area contributed by atoms with Crippen LogP contribution in [0.1, 0.15) is 24.0 Å². The molecule has 142 valence electrons.